The zero-order chi connectivity index (χ0) is 11.5. The Hall–Kier alpha value is -1.81. The molecule has 4 heteroatoms. The highest BCUT2D eigenvalue weighted by atomic mass is 16.5. The van der Waals surface area contributed by atoms with Gasteiger partial charge in [-0.2, -0.15) is 5.10 Å². The summed E-state index contributed by atoms with van der Waals surface area (Å²) < 4.78 is 5.37. The molecule has 1 fully saturated rings. The van der Waals surface area contributed by atoms with Gasteiger partial charge in [0.25, 0.3) is 0 Å². The van der Waals surface area contributed by atoms with Crippen LogP contribution in [0.4, 0.5) is 5.69 Å². The number of hydrogen-bond donors (Lipinski definition) is 1. The maximum atomic E-state index is 5.37. The van der Waals surface area contributed by atoms with Crippen molar-refractivity contribution >= 4 is 5.69 Å². The van der Waals surface area contributed by atoms with Gasteiger partial charge in [-0.25, -0.2) is 0 Å². The smallest absolute Gasteiger partial charge is 0.0884 e. The van der Waals surface area contributed by atoms with Gasteiger partial charge in [0.05, 0.1) is 30.8 Å². The van der Waals surface area contributed by atoms with E-state index in [1.807, 2.05) is 24.4 Å². The second-order valence-electron chi connectivity index (χ2n) is 4.10. The van der Waals surface area contributed by atoms with Gasteiger partial charge in [0, 0.05) is 18.7 Å². The first-order valence-electron chi connectivity index (χ1n) is 5.86. The molecule has 1 N–H and O–H groups in total. The lowest BCUT2D eigenvalue weighted by molar-refractivity contribution is 0.123. The van der Waals surface area contributed by atoms with Crippen LogP contribution in [0.3, 0.4) is 0 Å². The molecule has 0 aliphatic carbocycles. The topological polar surface area (TPSA) is 41.2 Å². The Balaban J connectivity index is 1.93. The summed E-state index contributed by atoms with van der Waals surface area (Å²) in [5.41, 5.74) is 3.43. The van der Waals surface area contributed by atoms with Crippen molar-refractivity contribution in [1.29, 1.82) is 0 Å². The Morgan fingerprint density at radius 2 is 1.88 bits per heavy atom. The standard InChI is InChI=1S/C13H15N3O/c1-2-4-11(5-3-1)13-12(10-14-15-13)16-6-8-17-9-7-16/h1-5,10H,6-9H2,(H,14,15). The number of morpholine rings is 1. The van der Waals surface area contributed by atoms with Crippen LogP contribution in [0.15, 0.2) is 36.5 Å². The maximum Gasteiger partial charge on any atom is 0.0884 e. The quantitative estimate of drug-likeness (QED) is 0.855. The zero-order valence-electron chi connectivity index (χ0n) is 9.60. The van der Waals surface area contributed by atoms with Crippen LogP contribution >= 0.6 is 0 Å². The van der Waals surface area contributed by atoms with Gasteiger partial charge < -0.3 is 9.64 Å². The van der Waals surface area contributed by atoms with Crippen molar-refractivity contribution < 1.29 is 4.74 Å². The van der Waals surface area contributed by atoms with Crippen LogP contribution in [0.5, 0.6) is 0 Å². The van der Waals surface area contributed by atoms with Crippen molar-refractivity contribution in [1.82, 2.24) is 10.2 Å². The SMILES string of the molecule is c1ccc(-c2[nH]ncc2N2CCOCC2)cc1. The number of hydrogen-bond acceptors (Lipinski definition) is 3. The lowest BCUT2D eigenvalue weighted by Gasteiger charge is -2.28. The first kappa shape index (κ1) is 10.4. The van der Waals surface area contributed by atoms with Gasteiger partial charge in [0.2, 0.25) is 0 Å². The molecular formula is C13H15N3O. The third-order valence-corrected chi connectivity index (χ3v) is 3.03. The third-order valence-electron chi connectivity index (χ3n) is 3.03. The van der Waals surface area contributed by atoms with E-state index in [-0.39, 0.29) is 0 Å². The molecule has 1 aromatic carbocycles. The molecule has 0 bridgehead atoms. The van der Waals surface area contributed by atoms with Crippen molar-refractivity contribution in [3.8, 4) is 11.3 Å². The van der Waals surface area contributed by atoms with E-state index in [4.69, 9.17) is 4.74 Å². The van der Waals surface area contributed by atoms with Gasteiger partial charge in [-0.05, 0) is 0 Å². The van der Waals surface area contributed by atoms with Gasteiger partial charge in [0.1, 0.15) is 0 Å². The summed E-state index contributed by atoms with van der Waals surface area (Å²) in [6.07, 6.45) is 1.90. The molecule has 0 radical (unpaired) electrons. The minimum Gasteiger partial charge on any atom is -0.378 e. The van der Waals surface area contributed by atoms with Crippen LogP contribution < -0.4 is 4.90 Å². The minimum absolute atomic E-state index is 0.791. The lowest BCUT2D eigenvalue weighted by Crippen LogP contribution is -2.36. The number of rotatable bonds is 2. The van der Waals surface area contributed by atoms with E-state index in [9.17, 15) is 0 Å². The molecular weight excluding hydrogens is 214 g/mol. The molecule has 0 amide bonds. The Morgan fingerprint density at radius 1 is 1.12 bits per heavy atom. The second kappa shape index (κ2) is 4.59. The largest absolute Gasteiger partial charge is 0.378 e. The van der Waals surface area contributed by atoms with Crippen LogP contribution in [0, 0.1) is 0 Å². The fourth-order valence-electron chi connectivity index (χ4n) is 2.14. The van der Waals surface area contributed by atoms with E-state index < -0.39 is 0 Å². The molecule has 0 unspecified atom stereocenters. The maximum absolute atomic E-state index is 5.37. The molecule has 3 rings (SSSR count). The second-order valence-corrected chi connectivity index (χ2v) is 4.10. The number of anilines is 1. The molecule has 2 aromatic rings. The predicted molar refractivity (Wildman–Crippen MR) is 67.1 cm³/mol. The number of H-pyrrole nitrogens is 1. The third kappa shape index (κ3) is 2.03. The Labute approximate surface area is 100 Å². The van der Waals surface area contributed by atoms with Crippen molar-refractivity contribution in [2.45, 2.75) is 0 Å². The summed E-state index contributed by atoms with van der Waals surface area (Å²) in [5.74, 6) is 0. The molecule has 0 spiro atoms. The van der Waals surface area contributed by atoms with Gasteiger partial charge in [0.15, 0.2) is 0 Å². The summed E-state index contributed by atoms with van der Waals surface area (Å²) in [6.45, 7) is 3.44. The highest BCUT2D eigenvalue weighted by molar-refractivity contribution is 5.74. The van der Waals surface area contributed by atoms with Crippen LogP contribution in [-0.2, 0) is 4.74 Å². The van der Waals surface area contributed by atoms with Crippen molar-refractivity contribution in [2.75, 3.05) is 31.2 Å². The highest BCUT2D eigenvalue weighted by Gasteiger charge is 2.16. The number of benzene rings is 1. The molecule has 2 heterocycles. The average Bonchev–Trinajstić information content (AvgIpc) is 2.90. The van der Waals surface area contributed by atoms with E-state index >= 15 is 0 Å². The fourth-order valence-corrected chi connectivity index (χ4v) is 2.14. The summed E-state index contributed by atoms with van der Waals surface area (Å²) in [6, 6.07) is 10.3. The molecule has 88 valence electrons. The van der Waals surface area contributed by atoms with Gasteiger partial charge in [-0.1, -0.05) is 30.3 Å². The molecule has 1 aromatic heterocycles. The molecule has 1 aliphatic heterocycles. The zero-order valence-corrected chi connectivity index (χ0v) is 9.60. The Kier molecular flexibility index (Phi) is 2.80. The van der Waals surface area contributed by atoms with E-state index in [0.29, 0.717) is 0 Å². The van der Waals surface area contributed by atoms with Crippen molar-refractivity contribution in [3.05, 3.63) is 36.5 Å². The number of aromatic amines is 1. The van der Waals surface area contributed by atoms with Crippen molar-refractivity contribution in [2.24, 2.45) is 0 Å². The Bertz CT molecular complexity index is 474. The number of nitrogens with zero attached hydrogens (tertiary/aromatic N) is 2. The van der Waals surface area contributed by atoms with Crippen LogP contribution in [0.1, 0.15) is 0 Å². The van der Waals surface area contributed by atoms with Gasteiger partial charge in [-0.3, -0.25) is 5.10 Å². The van der Waals surface area contributed by atoms with E-state index in [0.717, 1.165) is 32.0 Å². The molecule has 0 atom stereocenters. The van der Waals surface area contributed by atoms with Crippen LogP contribution in [0.2, 0.25) is 0 Å². The monoisotopic (exact) mass is 229 g/mol. The number of nitrogens with one attached hydrogen (secondary N) is 1. The fraction of sp³-hybridized carbons (Fsp3) is 0.308. The minimum atomic E-state index is 0.791. The lowest BCUT2D eigenvalue weighted by atomic mass is 10.1. The number of ether oxygens (including phenoxy) is 1. The predicted octanol–water partition coefficient (Wildman–Crippen LogP) is 1.91. The normalized spacial score (nSPS) is 16.1. The highest BCUT2D eigenvalue weighted by Crippen LogP contribution is 2.28. The summed E-state index contributed by atoms with van der Waals surface area (Å²) in [5, 5.41) is 7.25. The molecule has 1 saturated heterocycles. The van der Waals surface area contributed by atoms with Crippen molar-refractivity contribution in [3.63, 3.8) is 0 Å². The molecule has 0 saturated carbocycles. The average molecular weight is 229 g/mol. The Morgan fingerprint density at radius 3 is 2.65 bits per heavy atom. The molecule has 4 nitrogen and oxygen atoms in total. The summed E-state index contributed by atoms with van der Waals surface area (Å²) in [4.78, 5) is 2.31. The van der Waals surface area contributed by atoms with Crippen LogP contribution in [0.25, 0.3) is 11.3 Å². The summed E-state index contributed by atoms with van der Waals surface area (Å²) in [7, 11) is 0. The van der Waals surface area contributed by atoms with E-state index in [1.165, 1.54) is 11.3 Å². The summed E-state index contributed by atoms with van der Waals surface area (Å²) >= 11 is 0. The molecule has 1 aliphatic rings. The van der Waals surface area contributed by atoms with Crippen LogP contribution in [-0.4, -0.2) is 36.5 Å². The first-order chi connectivity index (χ1) is 8.45. The van der Waals surface area contributed by atoms with E-state index in [1.54, 1.807) is 0 Å². The first-order valence-corrected chi connectivity index (χ1v) is 5.86. The number of aromatic nitrogens is 2. The molecule has 17 heavy (non-hydrogen) atoms. The van der Waals surface area contributed by atoms with E-state index in [2.05, 4.69) is 27.2 Å². The van der Waals surface area contributed by atoms with Gasteiger partial charge >= 0.3 is 0 Å². The van der Waals surface area contributed by atoms with Gasteiger partial charge in [-0.15, -0.1) is 0 Å².